The maximum absolute atomic E-state index is 12.5. The van der Waals surface area contributed by atoms with Crippen molar-refractivity contribution in [1.82, 2.24) is 4.90 Å². The summed E-state index contributed by atoms with van der Waals surface area (Å²) in [5.41, 5.74) is 6.52. The SMILES string of the molecule is CCN(Cc1cccc(Cl)c1)C(=O)C(C)(N)C1CC1. The van der Waals surface area contributed by atoms with E-state index in [1.54, 1.807) is 0 Å². The van der Waals surface area contributed by atoms with Gasteiger partial charge in [0.2, 0.25) is 5.91 Å². The molecule has 4 heteroatoms. The second-order valence-corrected chi connectivity index (χ2v) is 5.94. The molecule has 0 saturated heterocycles. The molecule has 1 aliphatic rings. The number of hydrogen-bond donors (Lipinski definition) is 1. The summed E-state index contributed by atoms with van der Waals surface area (Å²) in [6, 6.07) is 7.61. The number of nitrogens with two attached hydrogens (primary N) is 1. The van der Waals surface area contributed by atoms with Crippen molar-refractivity contribution < 1.29 is 4.79 Å². The largest absolute Gasteiger partial charge is 0.337 e. The molecule has 2 rings (SSSR count). The van der Waals surface area contributed by atoms with Crippen LogP contribution in [-0.2, 0) is 11.3 Å². The van der Waals surface area contributed by atoms with Gasteiger partial charge >= 0.3 is 0 Å². The van der Waals surface area contributed by atoms with E-state index < -0.39 is 5.54 Å². The molecule has 2 N–H and O–H groups in total. The van der Waals surface area contributed by atoms with Gasteiger partial charge in [0.1, 0.15) is 0 Å². The molecular weight excluding hydrogens is 260 g/mol. The van der Waals surface area contributed by atoms with Crippen molar-refractivity contribution in [2.45, 2.75) is 38.8 Å². The molecule has 0 aliphatic heterocycles. The Labute approximate surface area is 119 Å². The summed E-state index contributed by atoms with van der Waals surface area (Å²) in [7, 11) is 0. The van der Waals surface area contributed by atoms with Gasteiger partial charge in [-0.1, -0.05) is 23.7 Å². The number of carbonyl (C=O) groups excluding carboxylic acids is 1. The van der Waals surface area contributed by atoms with Gasteiger partial charge < -0.3 is 10.6 Å². The maximum atomic E-state index is 12.5. The number of nitrogens with zero attached hydrogens (tertiary/aromatic N) is 1. The number of carbonyl (C=O) groups is 1. The number of likely N-dealkylation sites (N-methyl/N-ethyl adjacent to an activating group) is 1. The van der Waals surface area contributed by atoms with Crippen LogP contribution >= 0.6 is 11.6 Å². The highest BCUT2D eigenvalue weighted by Crippen LogP contribution is 2.39. The normalized spacial score (nSPS) is 17.9. The van der Waals surface area contributed by atoms with Gasteiger partial charge in [0, 0.05) is 18.1 Å². The first-order valence-electron chi connectivity index (χ1n) is 6.78. The minimum atomic E-state index is -0.728. The third-order valence-corrected chi connectivity index (χ3v) is 4.05. The molecule has 1 unspecified atom stereocenters. The molecular formula is C15H21ClN2O. The van der Waals surface area contributed by atoms with Crippen LogP contribution in [0.3, 0.4) is 0 Å². The minimum Gasteiger partial charge on any atom is -0.337 e. The van der Waals surface area contributed by atoms with Crippen molar-refractivity contribution in [2.24, 2.45) is 11.7 Å². The van der Waals surface area contributed by atoms with Gasteiger partial charge in [-0.2, -0.15) is 0 Å². The first kappa shape index (κ1) is 14.4. The molecule has 1 fully saturated rings. The fourth-order valence-corrected chi connectivity index (χ4v) is 2.59. The summed E-state index contributed by atoms with van der Waals surface area (Å²) in [4.78, 5) is 14.3. The summed E-state index contributed by atoms with van der Waals surface area (Å²) in [5.74, 6) is 0.380. The predicted octanol–water partition coefficient (Wildman–Crippen LogP) is 2.82. The average Bonchev–Trinajstić information content (AvgIpc) is 3.19. The van der Waals surface area contributed by atoms with Crippen LogP contribution in [-0.4, -0.2) is 22.9 Å². The van der Waals surface area contributed by atoms with E-state index in [9.17, 15) is 4.79 Å². The van der Waals surface area contributed by atoms with E-state index >= 15 is 0 Å². The number of amides is 1. The van der Waals surface area contributed by atoms with Crippen LogP contribution in [0.1, 0.15) is 32.3 Å². The monoisotopic (exact) mass is 280 g/mol. The Kier molecular flexibility index (Phi) is 4.16. The van der Waals surface area contributed by atoms with E-state index in [1.807, 2.05) is 43.0 Å². The number of rotatable bonds is 5. The lowest BCUT2D eigenvalue weighted by atomic mass is 9.95. The molecule has 0 spiro atoms. The van der Waals surface area contributed by atoms with Gasteiger partial charge in [-0.15, -0.1) is 0 Å². The zero-order valence-corrected chi connectivity index (χ0v) is 12.3. The molecule has 0 radical (unpaired) electrons. The Balaban J connectivity index is 2.09. The van der Waals surface area contributed by atoms with E-state index in [4.69, 9.17) is 17.3 Å². The second kappa shape index (κ2) is 5.51. The van der Waals surface area contributed by atoms with Crippen LogP contribution < -0.4 is 5.73 Å². The summed E-state index contributed by atoms with van der Waals surface area (Å²) in [6.45, 7) is 5.05. The zero-order valence-electron chi connectivity index (χ0n) is 11.5. The molecule has 19 heavy (non-hydrogen) atoms. The molecule has 3 nitrogen and oxygen atoms in total. The van der Waals surface area contributed by atoms with Gasteiger partial charge in [0.25, 0.3) is 0 Å². The molecule has 1 atom stereocenters. The van der Waals surface area contributed by atoms with Gasteiger partial charge in [0.15, 0.2) is 0 Å². The standard InChI is InChI=1S/C15H21ClN2O/c1-3-18(10-11-5-4-6-13(16)9-11)14(19)15(2,17)12-7-8-12/h4-6,9,12H,3,7-8,10,17H2,1-2H3. The number of benzene rings is 1. The van der Waals surface area contributed by atoms with Crippen LogP contribution in [0.25, 0.3) is 0 Å². The molecule has 0 aromatic heterocycles. The molecule has 1 aromatic carbocycles. The molecule has 1 aromatic rings. The Morgan fingerprint density at radius 2 is 2.21 bits per heavy atom. The molecule has 0 bridgehead atoms. The third kappa shape index (κ3) is 3.28. The topological polar surface area (TPSA) is 46.3 Å². The van der Waals surface area contributed by atoms with Crippen LogP contribution in [0.2, 0.25) is 5.02 Å². The number of hydrogen-bond acceptors (Lipinski definition) is 2. The summed E-state index contributed by atoms with van der Waals surface area (Å²) in [5, 5.41) is 0.693. The van der Waals surface area contributed by atoms with Crippen molar-refractivity contribution in [1.29, 1.82) is 0 Å². The predicted molar refractivity (Wildman–Crippen MR) is 77.9 cm³/mol. The second-order valence-electron chi connectivity index (χ2n) is 5.51. The van der Waals surface area contributed by atoms with Gasteiger partial charge in [-0.05, 0) is 50.3 Å². The molecule has 104 valence electrons. The van der Waals surface area contributed by atoms with E-state index in [1.165, 1.54) is 0 Å². The summed E-state index contributed by atoms with van der Waals surface area (Å²) in [6.07, 6.45) is 2.13. The minimum absolute atomic E-state index is 0.0393. The highest BCUT2D eigenvalue weighted by Gasteiger charge is 2.45. The van der Waals surface area contributed by atoms with E-state index in [-0.39, 0.29) is 5.91 Å². The molecule has 0 heterocycles. The quantitative estimate of drug-likeness (QED) is 0.901. The Hall–Kier alpha value is -1.06. The van der Waals surface area contributed by atoms with Crippen molar-refractivity contribution in [3.63, 3.8) is 0 Å². The van der Waals surface area contributed by atoms with Crippen molar-refractivity contribution in [3.05, 3.63) is 34.9 Å². The van der Waals surface area contributed by atoms with Crippen LogP contribution in [0.5, 0.6) is 0 Å². The van der Waals surface area contributed by atoms with Crippen LogP contribution in [0.4, 0.5) is 0 Å². The molecule has 1 aliphatic carbocycles. The lowest BCUT2D eigenvalue weighted by molar-refractivity contribution is -0.137. The van der Waals surface area contributed by atoms with Crippen LogP contribution in [0.15, 0.2) is 24.3 Å². The number of halogens is 1. The van der Waals surface area contributed by atoms with E-state index in [2.05, 4.69) is 0 Å². The molecule has 1 amide bonds. The first-order valence-corrected chi connectivity index (χ1v) is 7.15. The lowest BCUT2D eigenvalue weighted by Gasteiger charge is -2.31. The zero-order chi connectivity index (χ0) is 14.0. The summed E-state index contributed by atoms with van der Waals surface area (Å²) >= 11 is 5.97. The fourth-order valence-electron chi connectivity index (χ4n) is 2.38. The highest BCUT2D eigenvalue weighted by atomic mass is 35.5. The maximum Gasteiger partial charge on any atom is 0.242 e. The van der Waals surface area contributed by atoms with Crippen molar-refractivity contribution in [3.8, 4) is 0 Å². The first-order chi connectivity index (χ1) is 8.95. The smallest absolute Gasteiger partial charge is 0.242 e. The fraction of sp³-hybridized carbons (Fsp3) is 0.533. The van der Waals surface area contributed by atoms with E-state index in [0.29, 0.717) is 24.0 Å². The van der Waals surface area contributed by atoms with Gasteiger partial charge in [-0.25, -0.2) is 0 Å². The Bertz CT molecular complexity index is 469. The third-order valence-electron chi connectivity index (χ3n) is 3.82. The Morgan fingerprint density at radius 3 is 2.74 bits per heavy atom. The lowest BCUT2D eigenvalue weighted by Crippen LogP contribution is -2.54. The van der Waals surface area contributed by atoms with Crippen molar-refractivity contribution >= 4 is 17.5 Å². The highest BCUT2D eigenvalue weighted by molar-refractivity contribution is 6.30. The molecule has 1 saturated carbocycles. The Morgan fingerprint density at radius 1 is 1.53 bits per heavy atom. The summed E-state index contributed by atoms with van der Waals surface area (Å²) < 4.78 is 0. The van der Waals surface area contributed by atoms with Crippen molar-refractivity contribution in [2.75, 3.05) is 6.54 Å². The van der Waals surface area contributed by atoms with Gasteiger partial charge in [-0.3, -0.25) is 4.79 Å². The van der Waals surface area contributed by atoms with Crippen LogP contribution in [0, 0.1) is 5.92 Å². The van der Waals surface area contributed by atoms with E-state index in [0.717, 1.165) is 18.4 Å². The average molecular weight is 281 g/mol. The van der Waals surface area contributed by atoms with Gasteiger partial charge in [0.05, 0.1) is 5.54 Å².